The van der Waals surface area contributed by atoms with E-state index in [1.54, 1.807) is 0 Å². The third kappa shape index (κ3) is 3.33. The van der Waals surface area contributed by atoms with Gasteiger partial charge in [-0.15, -0.1) is 5.10 Å². The van der Waals surface area contributed by atoms with Crippen molar-refractivity contribution in [2.24, 2.45) is 0 Å². The van der Waals surface area contributed by atoms with Crippen molar-refractivity contribution in [3.05, 3.63) is 102 Å². The summed E-state index contributed by atoms with van der Waals surface area (Å²) in [5.74, 6) is 0.758. The Morgan fingerprint density at radius 1 is 0.788 bits per heavy atom. The number of nitrogens with zero attached hydrogens (tertiary/aromatic N) is 3. The van der Waals surface area contributed by atoms with Crippen LogP contribution in [-0.2, 0) is 13.0 Å². The molecule has 1 amide bonds. The van der Waals surface area contributed by atoms with Gasteiger partial charge in [0, 0.05) is 28.9 Å². The molecule has 5 heteroatoms. The molecule has 0 radical (unpaired) electrons. The summed E-state index contributed by atoms with van der Waals surface area (Å²) in [4.78, 5) is 13.7. The van der Waals surface area contributed by atoms with Crippen LogP contribution in [-0.4, -0.2) is 20.1 Å². The number of carbonyl (C=O) groups is 1. The van der Waals surface area contributed by atoms with Gasteiger partial charge in [-0.1, -0.05) is 78.9 Å². The van der Waals surface area contributed by atoms with Crippen molar-refractivity contribution in [3.8, 4) is 22.5 Å². The Morgan fingerprint density at radius 2 is 1.42 bits per heavy atom. The lowest BCUT2D eigenvalue weighted by atomic mass is 9.98. The van der Waals surface area contributed by atoms with E-state index in [0.717, 1.165) is 59.7 Å². The normalized spacial score (nSPS) is 13.1. The molecular formula is C28H24N4O. The Bertz CT molecular complexity index is 1430. The van der Waals surface area contributed by atoms with Gasteiger partial charge >= 0.3 is 0 Å². The van der Waals surface area contributed by atoms with Gasteiger partial charge in [0.15, 0.2) is 5.82 Å². The second kappa shape index (κ2) is 8.10. The second-order valence-electron chi connectivity index (χ2n) is 8.42. The standard InChI is InChI=1S/C28H24N4O/c33-27(29-22-16-8-3-9-17-22)25-24(20-12-4-1-5-13-20)23-18-10-11-19-31-26(30-32(25)28(23)31)21-14-6-2-7-15-21/h1-9,12-17H,10-11,18-19H2,(H,29,33). The van der Waals surface area contributed by atoms with Crippen molar-refractivity contribution in [1.82, 2.24) is 14.2 Å². The predicted octanol–water partition coefficient (Wildman–Crippen LogP) is 6.06. The first-order valence-electron chi connectivity index (χ1n) is 11.4. The number of aromatic nitrogens is 3. The maximum atomic E-state index is 13.7. The molecule has 2 aromatic heterocycles. The molecule has 0 saturated carbocycles. The minimum absolute atomic E-state index is 0.147. The highest BCUT2D eigenvalue weighted by atomic mass is 16.2. The van der Waals surface area contributed by atoms with Crippen LogP contribution in [0.2, 0.25) is 0 Å². The Kier molecular flexibility index (Phi) is 4.80. The van der Waals surface area contributed by atoms with Crippen LogP contribution in [0.15, 0.2) is 91.0 Å². The fraction of sp³-hybridized carbons (Fsp3) is 0.143. The van der Waals surface area contributed by atoms with Crippen LogP contribution < -0.4 is 5.32 Å². The molecule has 0 unspecified atom stereocenters. The number of aryl methyl sites for hydroxylation is 2. The van der Waals surface area contributed by atoms with E-state index in [4.69, 9.17) is 5.10 Å². The van der Waals surface area contributed by atoms with E-state index in [-0.39, 0.29) is 5.91 Å². The van der Waals surface area contributed by atoms with E-state index in [9.17, 15) is 4.79 Å². The summed E-state index contributed by atoms with van der Waals surface area (Å²) in [5.41, 5.74) is 6.69. The van der Waals surface area contributed by atoms with Crippen LogP contribution in [0.3, 0.4) is 0 Å². The quantitative estimate of drug-likeness (QED) is 0.375. The van der Waals surface area contributed by atoms with Gasteiger partial charge in [-0.25, -0.2) is 4.52 Å². The van der Waals surface area contributed by atoms with Gasteiger partial charge in [-0.05, 0) is 37.0 Å². The molecule has 1 aliphatic heterocycles. The smallest absolute Gasteiger partial charge is 0.275 e. The fourth-order valence-electron chi connectivity index (χ4n) is 4.88. The van der Waals surface area contributed by atoms with Crippen LogP contribution in [0.5, 0.6) is 0 Å². The first-order valence-corrected chi connectivity index (χ1v) is 11.4. The van der Waals surface area contributed by atoms with E-state index < -0.39 is 0 Å². The molecule has 0 spiro atoms. The molecule has 6 rings (SSSR count). The van der Waals surface area contributed by atoms with Gasteiger partial charge in [-0.3, -0.25) is 4.79 Å². The Morgan fingerprint density at radius 3 is 2.12 bits per heavy atom. The van der Waals surface area contributed by atoms with Gasteiger partial charge in [0.25, 0.3) is 5.91 Å². The van der Waals surface area contributed by atoms with Crippen LogP contribution in [0.4, 0.5) is 5.69 Å². The topological polar surface area (TPSA) is 51.3 Å². The zero-order valence-corrected chi connectivity index (χ0v) is 18.2. The van der Waals surface area contributed by atoms with Gasteiger partial charge in [-0.2, -0.15) is 0 Å². The third-order valence-electron chi connectivity index (χ3n) is 6.33. The number of hydrogen-bond donors (Lipinski definition) is 1. The van der Waals surface area contributed by atoms with Gasteiger partial charge in [0.2, 0.25) is 0 Å². The molecule has 3 heterocycles. The number of amides is 1. The maximum absolute atomic E-state index is 13.7. The van der Waals surface area contributed by atoms with E-state index in [2.05, 4.69) is 34.1 Å². The number of rotatable bonds is 4. The zero-order chi connectivity index (χ0) is 22.2. The lowest BCUT2D eigenvalue weighted by molar-refractivity contribution is 0.102. The van der Waals surface area contributed by atoms with E-state index in [1.165, 1.54) is 5.56 Å². The summed E-state index contributed by atoms with van der Waals surface area (Å²) < 4.78 is 4.17. The minimum atomic E-state index is -0.147. The fourth-order valence-corrected chi connectivity index (χ4v) is 4.88. The lowest BCUT2D eigenvalue weighted by Gasteiger charge is -2.09. The van der Waals surface area contributed by atoms with Crippen molar-refractivity contribution >= 4 is 17.2 Å². The number of nitrogens with one attached hydrogen (secondary N) is 1. The predicted molar refractivity (Wildman–Crippen MR) is 131 cm³/mol. The summed E-state index contributed by atoms with van der Waals surface area (Å²) in [7, 11) is 0. The molecule has 0 bridgehead atoms. The maximum Gasteiger partial charge on any atom is 0.275 e. The Labute approximate surface area is 192 Å². The number of anilines is 1. The molecule has 3 aromatic carbocycles. The van der Waals surface area contributed by atoms with Crippen LogP contribution in [0.1, 0.15) is 28.9 Å². The molecular weight excluding hydrogens is 408 g/mol. The van der Waals surface area contributed by atoms with Crippen LogP contribution in [0, 0.1) is 0 Å². The molecule has 0 fully saturated rings. The van der Waals surface area contributed by atoms with Crippen molar-refractivity contribution in [2.75, 3.05) is 5.32 Å². The monoisotopic (exact) mass is 432 g/mol. The van der Waals surface area contributed by atoms with Gasteiger partial charge < -0.3 is 9.88 Å². The molecule has 5 aromatic rings. The SMILES string of the molecule is O=C(Nc1ccccc1)c1c(-c2ccccc2)c2c3n(c(-c4ccccc4)nn13)CCCC2. The van der Waals surface area contributed by atoms with E-state index in [0.29, 0.717) is 5.69 Å². The van der Waals surface area contributed by atoms with Gasteiger partial charge in [0.05, 0.1) is 0 Å². The Balaban J connectivity index is 1.63. The first-order chi connectivity index (χ1) is 16.3. The molecule has 0 atom stereocenters. The number of hydrogen-bond acceptors (Lipinski definition) is 2. The highest BCUT2D eigenvalue weighted by molar-refractivity contribution is 6.09. The third-order valence-corrected chi connectivity index (χ3v) is 6.33. The molecule has 33 heavy (non-hydrogen) atoms. The molecule has 162 valence electrons. The summed E-state index contributed by atoms with van der Waals surface area (Å²) >= 11 is 0. The van der Waals surface area contributed by atoms with E-state index >= 15 is 0 Å². The minimum Gasteiger partial charge on any atom is -0.321 e. The molecule has 1 N–H and O–H groups in total. The second-order valence-corrected chi connectivity index (χ2v) is 8.42. The number of benzene rings is 3. The molecule has 0 saturated heterocycles. The number of para-hydroxylation sites is 1. The average molecular weight is 433 g/mol. The molecule has 0 aliphatic carbocycles. The lowest BCUT2D eigenvalue weighted by Crippen LogP contribution is -2.16. The summed E-state index contributed by atoms with van der Waals surface area (Å²) in [6.07, 6.45) is 3.09. The number of carbonyl (C=O) groups excluding carboxylic acids is 1. The van der Waals surface area contributed by atoms with Crippen molar-refractivity contribution in [3.63, 3.8) is 0 Å². The van der Waals surface area contributed by atoms with Crippen molar-refractivity contribution in [2.45, 2.75) is 25.8 Å². The van der Waals surface area contributed by atoms with Crippen molar-refractivity contribution < 1.29 is 4.79 Å². The summed E-state index contributed by atoms with van der Waals surface area (Å²) in [6.45, 7) is 0.888. The largest absolute Gasteiger partial charge is 0.321 e. The molecule has 1 aliphatic rings. The zero-order valence-electron chi connectivity index (χ0n) is 18.2. The van der Waals surface area contributed by atoms with Crippen LogP contribution in [0.25, 0.3) is 28.2 Å². The summed E-state index contributed by atoms with van der Waals surface area (Å²) in [5, 5.41) is 8.12. The van der Waals surface area contributed by atoms with Gasteiger partial charge in [0.1, 0.15) is 11.3 Å². The van der Waals surface area contributed by atoms with E-state index in [1.807, 2.05) is 71.2 Å². The molecule has 5 nitrogen and oxygen atoms in total. The summed E-state index contributed by atoms with van der Waals surface area (Å²) in [6, 6.07) is 30.1. The highest BCUT2D eigenvalue weighted by Gasteiger charge is 2.30. The first kappa shape index (κ1) is 19.6. The highest BCUT2D eigenvalue weighted by Crippen LogP contribution is 2.38. The average Bonchev–Trinajstić information content (AvgIpc) is 3.29. The van der Waals surface area contributed by atoms with Crippen molar-refractivity contribution in [1.29, 1.82) is 0 Å². The Hall–Kier alpha value is -4.12. The van der Waals surface area contributed by atoms with Crippen LogP contribution >= 0.6 is 0 Å².